The highest BCUT2D eigenvalue weighted by Gasteiger charge is 2.06. The Balaban J connectivity index is 5.38. The zero-order valence-corrected chi connectivity index (χ0v) is 6.37. The van der Waals surface area contributed by atoms with E-state index in [4.69, 9.17) is 20.9 Å². The standard InChI is InChI=1S/C8H5N3O/c1-6(5-12)8(4-11)7(2-9)3-10/h5,12H,1H3/b6-5+. The summed E-state index contributed by atoms with van der Waals surface area (Å²) in [6.45, 7) is 1.44. The predicted molar refractivity (Wildman–Crippen MR) is 40.3 cm³/mol. The van der Waals surface area contributed by atoms with E-state index in [0.717, 1.165) is 0 Å². The lowest BCUT2D eigenvalue weighted by atomic mass is 10.1. The van der Waals surface area contributed by atoms with Crippen molar-refractivity contribution in [2.75, 3.05) is 0 Å². The van der Waals surface area contributed by atoms with Crippen LogP contribution in [0.25, 0.3) is 0 Å². The Morgan fingerprint density at radius 3 is 1.92 bits per heavy atom. The normalized spacial score (nSPS) is 9.00. The molecule has 0 aliphatic rings. The fourth-order valence-electron chi connectivity index (χ4n) is 0.543. The Kier molecular flexibility index (Phi) is 3.70. The zero-order chi connectivity index (χ0) is 9.56. The molecule has 0 aliphatic carbocycles. The average molecular weight is 159 g/mol. The molecule has 0 spiro atoms. The van der Waals surface area contributed by atoms with Gasteiger partial charge >= 0.3 is 0 Å². The number of hydrogen-bond donors (Lipinski definition) is 1. The molecule has 4 heteroatoms. The largest absolute Gasteiger partial charge is 0.515 e. The number of rotatable bonds is 1. The van der Waals surface area contributed by atoms with Crippen LogP contribution in [0.3, 0.4) is 0 Å². The summed E-state index contributed by atoms with van der Waals surface area (Å²) in [5, 5.41) is 33.8. The van der Waals surface area contributed by atoms with Crippen molar-refractivity contribution in [2.45, 2.75) is 6.92 Å². The van der Waals surface area contributed by atoms with Crippen molar-refractivity contribution in [3.8, 4) is 18.2 Å². The average Bonchev–Trinajstić information content (AvgIpc) is 2.12. The molecule has 1 N–H and O–H groups in total. The lowest BCUT2D eigenvalue weighted by Crippen LogP contribution is -1.87. The molecule has 4 nitrogen and oxygen atoms in total. The Labute approximate surface area is 69.9 Å². The molecule has 0 radical (unpaired) electrons. The number of aliphatic hydroxyl groups excluding tert-OH is 1. The number of hydrogen-bond acceptors (Lipinski definition) is 4. The van der Waals surface area contributed by atoms with Gasteiger partial charge in [0.15, 0.2) is 0 Å². The van der Waals surface area contributed by atoms with Gasteiger partial charge in [0.25, 0.3) is 0 Å². The second kappa shape index (κ2) is 4.55. The van der Waals surface area contributed by atoms with E-state index in [1.54, 1.807) is 18.2 Å². The van der Waals surface area contributed by atoms with Gasteiger partial charge in [0.1, 0.15) is 23.8 Å². The van der Waals surface area contributed by atoms with Crippen LogP contribution < -0.4 is 0 Å². The second-order valence-electron chi connectivity index (χ2n) is 1.90. The van der Waals surface area contributed by atoms with Crippen LogP contribution in [0.2, 0.25) is 0 Å². The third-order valence-corrected chi connectivity index (χ3v) is 1.17. The first kappa shape index (κ1) is 9.75. The molecule has 0 saturated heterocycles. The maximum Gasteiger partial charge on any atom is 0.147 e. The Morgan fingerprint density at radius 2 is 1.67 bits per heavy atom. The number of nitrogens with zero attached hydrogens (tertiary/aromatic N) is 3. The monoisotopic (exact) mass is 159 g/mol. The molecule has 0 unspecified atom stereocenters. The van der Waals surface area contributed by atoms with Crippen molar-refractivity contribution >= 4 is 0 Å². The van der Waals surface area contributed by atoms with Gasteiger partial charge in [-0.25, -0.2) is 0 Å². The van der Waals surface area contributed by atoms with E-state index in [1.807, 2.05) is 0 Å². The predicted octanol–water partition coefficient (Wildman–Crippen LogP) is 1.32. The minimum Gasteiger partial charge on any atom is -0.515 e. The summed E-state index contributed by atoms with van der Waals surface area (Å²) < 4.78 is 0. The van der Waals surface area contributed by atoms with Gasteiger partial charge in [0, 0.05) is 5.57 Å². The van der Waals surface area contributed by atoms with Gasteiger partial charge in [-0.15, -0.1) is 0 Å². The third-order valence-electron chi connectivity index (χ3n) is 1.17. The molecule has 0 heterocycles. The molecule has 58 valence electrons. The fourth-order valence-corrected chi connectivity index (χ4v) is 0.543. The summed E-state index contributed by atoms with van der Waals surface area (Å²) in [6, 6.07) is 4.79. The Bertz CT molecular complexity index is 341. The van der Waals surface area contributed by atoms with Gasteiger partial charge in [0.05, 0.1) is 11.8 Å². The van der Waals surface area contributed by atoms with Crippen molar-refractivity contribution in [1.29, 1.82) is 15.8 Å². The van der Waals surface area contributed by atoms with Crippen LogP contribution in [-0.4, -0.2) is 5.11 Å². The summed E-state index contributed by atoms with van der Waals surface area (Å²) >= 11 is 0. The Morgan fingerprint density at radius 1 is 1.17 bits per heavy atom. The lowest BCUT2D eigenvalue weighted by Gasteiger charge is -1.93. The Hall–Kier alpha value is -2.25. The first-order valence-electron chi connectivity index (χ1n) is 2.97. The van der Waals surface area contributed by atoms with Crippen molar-refractivity contribution in [3.05, 3.63) is 23.0 Å². The van der Waals surface area contributed by atoms with Gasteiger partial charge in [-0.05, 0) is 6.92 Å². The number of nitriles is 3. The molecule has 12 heavy (non-hydrogen) atoms. The maximum atomic E-state index is 8.51. The highest BCUT2D eigenvalue weighted by molar-refractivity contribution is 5.54. The highest BCUT2D eigenvalue weighted by atomic mass is 16.2. The van der Waals surface area contributed by atoms with E-state index in [2.05, 4.69) is 0 Å². The van der Waals surface area contributed by atoms with Crippen LogP contribution in [0.4, 0.5) is 0 Å². The number of aliphatic hydroxyl groups is 1. The topological polar surface area (TPSA) is 91.6 Å². The van der Waals surface area contributed by atoms with Crippen LogP contribution >= 0.6 is 0 Å². The second-order valence-corrected chi connectivity index (χ2v) is 1.90. The van der Waals surface area contributed by atoms with E-state index < -0.39 is 0 Å². The molecule has 0 aromatic carbocycles. The van der Waals surface area contributed by atoms with Gasteiger partial charge in [-0.3, -0.25) is 0 Å². The van der Waals surface area contributed by atoms with E-state index in [1.165, 1.54) is 6.92 Å². The molecule has 0 aliphatic heterocycles. The van der Waals surface area contributed by atoms with Gasteiger partial charge in [-0.1, -0.05) is 0 Å². The van der Waals surface area contributed by atoms with Crippen molar-refractivity contribution < 1.29 is 5.11 Å². The van der Waals surface area contributed by atoms with Crippen LogP contribution in [0.15, 0.2) is 23.0 Å². The van der Waals surface area contributed by atoms with E-state index >= 15 is 0 Å². The first-order valence-corrected chi connectivity index (χ1v) is 2.97. The van der Waals surface area contributed by atoms with E-state index in [-0.39, 0.29) is 16.7 Å². The zero-order valence-electron chi connectivity index (χ0n) is 6.37. The van der Waals surface area contributed by atoms with Crippen LogP contribution in [0, 0.1) is 34.0 Å². The summed E-state index contributed by atoms with van der Waals surface area (Å²) in [7, 11) is 0. The SMILES string of the molecule is C/C(=C\O)C(C#N)=C(C#N)C#N. The van der Waals surface area contributed by atoms with Crippen LogP contribution in [0.1, 0.15) is 6.92 Å². The molecular formula is C8H5N3O. The molecule has 0 aromatic rings. The van der Waals surface area contributed by atoms with Gasteiger partial charge in [-0.2, -0.15) is 15.8 Å². The minimum absolute atomic E-state index is 0.0949. The highest BCUT2D eigenvalue weighted by Crippen LogP contribution is 2.11. The summed E-state index contributed by atoms with van der Waals surface area (Å²) in [5.41, 5.74) is -0.182. The molecule has 0 atom stereocenters. The smallest absolute Gasteiger partial charge is 0.147 e. The fraction of sp³-hybridized carbons (Fsp3) is 0.125. The molecule has 0 bridgehead atoms. The molecule has 0 amide bonds. The minimum atomic E-state index is -0.291. The maximum absolute atomic E-state index is 8.51. The van der Waals surface area contributed by atoms with Crippen molar-refractivity contribution in [2.24, 2.45) is 0 Å². The van der Waals surface area contributed by atoms with Crippen LogP contribution in [-0.2, 0) is 0 Å². The van der Waals surface area contributed by atoms with Crippen molar-refractivity contribution in [1.82, 2.24) is 0 Å². The van der Waals surface area contributed by atoms with Crippen LogP contribution in [0.5, 0.6) is 0 Å². The molecule has 0 rings (SSSR count). The molecular weight excluding hydrogens is 154 g/mol. The van der Waals surface area contributed by atoms with E-state index in [9.17, 15) is 0 Å². The lowest BCUT2D eigenvalue weighted by molar-refractivity contribution is 0.468. The summed E-state index contributed by atoms with van der Waals surface area (Å²) in [5.74, 6) is 0. The van der Waals surface area contributed by atoms with Crippen molar-refractivity contribution in [3.63, 3.8) is 0 Å². The van der Waals surface area contributed by atoms with Gasteiger partial charge < -0.3 is 5.11 Å². The molecule has 0 aromatic heterocycles. The third kappa shape index (κ3) is 1.87. The summed E-state index contributed by atoms with van der Waals surface area (Å²) in [4.78, 5) is 0. The summed E-state index contributed by atoms with van der Waals surface area (Å²) in [6.07, 6.45) is 0.688. The number of allylic oxidation sites excluding steroid dienone is 3. The van der Waals surface area contributed by atoms with Gasteiger partial charge in [0.2, 0.25) is 0 Å². The quantitative estimate of drug-likeness (QED) is 0.354. The molecule has 0 saturated carbocycles. The van der Waals surface area contributed by atoms with E-state index in [0.29, 0.717) is 6.26 Å². The first-order chi connectivity index (χ1) is 5.71. The molecule has 0 fully saturated rings.